The van der Waals surface area contributed by atoms with E-state index in [9.17, 15) is 15.0 Å². The monoisotopic (exact) mass is 265 g/mol. The molecule has 1 unspecified atom stereocenters. The largest absolute Gasteiger partial charge is 0.478 e. The number of carbonyl (C=O) groups is 1. The van der Waals surface area contributed by atoms with Crippen molar-refractivity contribution in [3.05, 3.63) is 17.8 Å². The summed E-state index contributed by atoms with van der Waals surface area (Å²) in [6.07, 6.45) is 5.41. The molecule has 0 saturated carbocycles. The number of nitrogen functional groups attached to an aromatic ring is 1. The van der Waals surface area contributed by atoms with E-state index in [1.165, 1.54) is 12.3 Å². The zero-order valence-electron chi connectivity index (χ0n) is 10.7. The lowest BCUT2D eigenvalue weighted by Gasteiger charge is -2.30. The molecule has 1 aliphatic heterocycles. The van der Waals surface area contributed by atoms with Crippen molar-refractivity contribution in [2.75, 3.05) is 23.8 Å². The summed E-state index contributed by atoms with van der Waals surface area (Å²) in [5, 5.41) is 18.8. The van der Waals surface area contributed by atoms with E-state index in [1.54, 1.807) is 0 Å². The molecule has 0 aliphatic carbocycles. The van der Waals surface area contributed by atoms with Crippen LogP contribution in [0.4, 0.5) is 11.5 Å². The third kappa shape index (κ3) is 2.96. The van der Waals surface area contributed by atoms with Crippen molar-refractivity contribution in [1.29, 1.82) is 0 Å². The van der Waals surface area contributed by atoms with Crippen LogP contribution in [0.15, 0.2) is 12.3 Å². The Balaban J connectivity index is 2.40. The molecule has 0 spiro atoms. The highest BCUT2D eigenvalue weighted by Crippen LogP contribution is 2.26. The summed E-state index contributed by atoms with van der Waals surface area (Å²) < 4.78 is 0. The second kappa shape index (κ2) is 5.88. The van der Waals surface area contributed by atoms with Gasteiger partial charge in [-0.3, -0.25) is 0 Å². The van der Waals surface area contributed by atoms with Gasteiger partial charge in [-0.25, -0.2) is 9.78 Å². The smallest absolute Gasteiger partial charge is 0.339 e. The minimum absolute atomic E-state index is 0.00507. The second-order valence-electron chi connectivity index (χ2n) is 4.82. The number of aromatic nitrogens is 1. The van der Waals surface area contributed by atoms with Crippen molar-refractivity contribution in [2.45, 2.75) is 31.7 Å². The number of pyridine rings is 1. The van der Waals surface area contributed by atoms with Gasteiger partial charge in [0, 0.05) is 6.54 Å². The minimum atomic E-state index is -1.05. The van der Waals surface area contributed by atoms with Gasteiger partial charge in [0.1, 0.15) is 11.4 Å². The molecular weight excluding hydrogens is 246 g/mol. The molecule has 104 valence electrons. The number of aliphatic hydroxyl groups excluding tert-OH is 1. The summed E-state index contributed by atoms with van der Waals surface area (Å²) in [5.74, 6) is -0.640. The third-order valence-electron chi connectivity index (χ3n) is 3.48. The Kier molecular flexibility index (Phi) is 4.21. The number of carboxylic acids is 1. The molecule has 6 nitrogen and oxygen atoms in total. The van der Waals surface area contributed by atoms with Crippen molar-refractivity contribution >= 4 is 17.5 Å². The standard InChI is InChI=1S/C13H19N3O3/c14-9-6-11(13(18)19)12(15-7-9)16-5-3-1-2-4-10(16)8-17/h6-7,10,17H,1-5,8,14H2,(H,18,19). The molecular formula is C13H19N3O3. The summed E-state index contributed by atoms with van der Waals surface area (Å²) in [6, 6.07) is 1.35. The number of aromatic carboxylic acids is 1. The molecule has 4 N–H and O–H groups in total. The first-order valence-corrected chi connectivity index (χ1v) is 6.49. The highest BCUT2D eigenvalue weighted by molar-refractivity contribution is 5.94. The Morgan fingerprint density at radius 1 is 1.47 bits per heavy atom. The molecule has 2 rings (SSSR count). The first-order chi connectivity index (χ1) is 9.13. The van der Waals surface area contributed by atoms with Crippen molar-refractivity contribution in [2.24, 2.45) is 0 Å². The van der Waals surface area contributed by atoms with E-state index in [4.69, 9.17) is 5.73 Å². The summed E-state index contributed by atoms with van der Waals surface area (Å²) in [4.78, 5) is 17.4. The van der Waals surface area contributed by atoms with Gasteiger partial charge in [-0.1, -0.05) is 12.8 Å². The number of rotatable bonds is 3. The number of anilines is 2. The third-order valence-corrected chi connectivity index (χ3v) is 3.48. The van der Waals surface area contributed by atoms with Gasteiger partial charge in [-0.2, -0.15) is 0 Å². The average Bonchev–Trinajstić information content (AvgIpc) is 2.63. The van der Waals surface area contributed by atoms with Crippen LogP contribution in [0.5, 0.6) is 0 Å². The lowest BCUT2D eigenvalue weighted by Crippen LogP contribution is -2.39. The van der Waals surface area contributed by atoms with Crippen LogP contribution >= 0.6 is 0 Å². The van der Waals surface area contributed by atoms with Crippen molar-refractivity contribution in [3.8, 4) is 0 Å². The normalized spacial score (nSPS) is 20.1. The van der Waals surface area contributed by atoms with Crippen LogP contribution < -0.4 is 10.6 Å². The molecule has 1 saturated heterocycles. The molecule has 1 aliphatic rings. The SMILES string of the molecule is Nc1cnc(N2CCCCCC2CO)c(C(=O)O)c1. The fourth-order valence-electron chi connectivity index (χ4n) is 2.51. The maximum absolute atomic E-state index is 11.3. The van der Waals surface area contributed by atoms with Crippen LogP contribution in [0.25, 0.3) is 0 Å². The zero-order valence-corrected chi connectivity index (χ0v) is 10.7. The van der Waals surface area contributed by atoms with Gasteiger partial charge in [0.05, 0.1) is 24.5 Å². The molecule has 0 aromatic carbocycles. The van der Waals surface area contributed by atoms with Crippen LogP contribution in [-0.2, 0) is 0 Å². The predicted octanol–water partition coefficient (Wildman–Crippen LogP) is 1.10. The quantitative estimate of drug-likeness (QED) is 0.757. The maximum atomic E-state index is 11.3. The van der Waals surface area contributed by atoms with Crippen LogP contribution in [0, 0.1) is 0 Å². The number of nitrogens with zero attached hydrogens (tertiary/aromatic N) is 2. The van der Waals surface area contributed by atoms with E-state index >= 15 is 0 Å². The Hall–Kier alpha value is -1.82. The van der Waals surface area contributed by atoms with Gasteiger partial charge in [-0.05, 0) is 18.9 Å². The molecule has 1 fully saturated rings. The topological polar surface area (TPSA) is 99.7 Å². The number of carboxylic acid groups (broad SMARTS) is 1. The molecule has 0 radical (unpaired) electrons. The maximum Gasteiger partial charge on any atom is 0.339 e. The zero-order chi connectivity index (χ0) is 13.8. The number of hydrogen-bond acceptors (Lipinski definition) is 5. The van der Waals surface area contributed by atoms with Crippen molar-refractivity contribution in [1.82, 2.24) is 4.98 Å². The van der Waals surface area contributed by atoms with E-state index in [-0.39, 0.29) is 18.2 Å². The van der Waals surface area contributed by atoms with Gasteiger partial charge in [0.15, 0.2) is 0 Å². The molecule has 1 aromatic rings. The van der Waals surface area contributed by atoms with E-state index < -0.39 is 5.97 Å². The first kappa shape index (κ1) is 13.6. The van der Waals surface area contributed by atoms with Gasteiger partial charge >= 0.3 is 5.97 Å². The van der Waals surface area contributed by atoms with Gasteiger partial charge in [-0.15, -0.1) is 0 Å². The minimum Gasteiger partial charge on any atom is -0.478 e. The van der Waals surface area contributed by atoms with Gasteiger partial charge in [0.2, 0.25) is 0 Å². The molecule has 1 atom stereocenters. The molecule has 6 heteroatoms. The molecule has 2 heterocycles. The lowest BCUT2D eigenvalue weighted by atomic mass is 10.1. The van der Waals surface area contributed by atoms with Crippen LogP contribution in [0.2, 0.25) is 0 Å². The van der Waals surface area contributed by atoms with E-state index in [0.29, 0.717) is 18.1 Å². The fourth-order valence-corrected chi connectivity index (χ4v) is 2.51. The second-order valence-corrected chi connectivity index (χ2v) is 4.82. The van der Waals surface area contributed by atoms with Crippen LogP contribution in [-0.4, -0.2) is 40.4 Å². The summed E-state index contributed by atoms with van der Waals surface area (Å²) in [6.45, 7) is 0.716. The Morgan fingerprint density at radius 3 is 2.95 bits per heavy atom. The highest BCUT2D eigenvalue weighted by Gasteiger charge is 2.25. The van der Waals surface area contributed by atoms with Crippen LogP contribution in [0.3, 0.4) is 0 Å². The highest BCUT2D eigenvalue weighted by atomic mass is 16.4. The molecule has 0 bridgehead atoms. The summed E-state index contributed by atoms with van der Waals surface area (Å²) in [5.41, 5.74) is 6.03. The van der Waals surface area contributed by atoms with E-state index in [1.807, 2.05) is 4.90 Å². The lowest BCUT2D eigenvalue weighted by molar-refractivity contribution is 0.0697. The fraction of sp³-hybridized carbons (Fsp3) is 0.538. The summed E-state index contributed by atoms with van der Waals surface area (Å²) in [7, 11) is 0. The summed E-state index contributed by atoms with van der Waals surface area (Å²) >= 11 is 0. The van der Waals surface area contributed by atoms with Crippen LogP contribution in [0.1, 0.15) is 36.0 Å². The molecule has 0 amide bonds. The average molecular weight is 265 g/mol. The Morgan fingerprint density at radius 2 is 2.26 bits per heavy atom. The Labute approximate surface area is 111 Å². The van der Waals surface area contributed by atoms with E-state index in [2.05, 4.69) is 4.98 Å². The number of nitrogens with two attached hydrogens (primary N) is 1. The molecule has 19 heavy (non-hydrogen) atoms. The Bertz CT molecular complexity index is 464. The predicted molar refractivity (Wildman–Crippen MR) is 72.3 cm³/mol. The van der Waals surface area contributed by atoms with Crippen molar-refractivity contribution < 1.29 is 15.0 Å². The first-order valence-electron chi connectivity index (χ1n) is 6.49. The molecule has 1 aromatic heterocycles. The number of hydrogen-bond donors (Lipinski definition) is 3. The van der Waals surface area contributed by atoms with Crippen molar-refractivity contribution in [3.63, 3.8) is 0 Å². The van der Waals surface area contributed by atoms with Gasteiger partial charge in [0.25, 0.3) is 0 Å². The van der Waals surface area contributed by atoms with E-state index in [0.717, 1.165) is 25.7 Å². The van der Waals surface area contributed by atoms with Gasteiger partial charge < -0.3 is 20.8 Å². The number of aliphatic hydroxyl groups is 1.